The average molecular weight is 709 g/mol. The fourth-order valence-corrected chi connectivity index (χ4v) is 8.84. The molecule has 3 fully saturated rings. The van der Waals surface area contributed by atoms with Crippen molar-refractivity contribution in [1.29, 1.82) is 0 Å². The lowest BCUT2D eigenvalue weighted by atomic mass is 9.44. The Bertz CT molecular complexity index is 1800. The van der Waals surface area contributed by atoms with Gasteiger partial charge in [-0.3, -0.25) is 14.4 Å². The molecule has 0 spiro atoms. The van der Waals surface area contributed by atoms with Gasteiger partial charge in [0, 0.05) is 32.1 Å². The van der Waals surface area contributed by atoms with Crippen LogP contribution in [0, 0.1) is 22.6 Å². The number of aliphatic hydroxyl groups is 2. The van der Waals surface area contributed by atoms with E-state index >= 15 is 4.79 Å². The van der Waals surface area contributed by atoms with Crippen molar-refractivity contribution in [2.24, 2.45) is 16.7 Å². The topological polar surface area (TPSA) is 172 Å². The van der Waals surface area contributed by atoms with Gasteiger partial charge in [-0.05, 0) is 61.4 Å². The highest BCUT2D eigenvalue weighted by atomic mass is 19.1. The number of hydrogen-bond acceptors (Lipinski definition) is 12. The number of benzene rings is 2. The third kappa shape index (κ3) is 5.57. The SMILES string of the molecule is CC(=O)O[C@H]1C(=O)[C@]2(C)[C@@H](OC(=O)c3ccc(F)cc3)C[C@H]3OC[C@@]3(OC(C)=O)[C@H]2[C@H](OC(=O)c2ccccc2)[C@]2(O)C[C@H](O)C(C)=C1C2(C)C. The Labute approximate surface area is 293 Å². The summed E-state index contributed by atoms with van der Waals surface area (Å²) in [6, 6.07) is 12.5. The van der Waals surface area contributed by atoms with Gasteiger partial charge in [-0.25, -0.2) is 14.0 Å². The van der Waals surface area contributed by atoms with Crippen molar-refractivity contribution < 1.29 is 62.3 Å². The predicted molar refractivity (Wildman–Crippen MR) is 174 cm³/mol. The molecule has 9 atom stereocenters. The third-order valence-electron chi connectivity index (χ3n) is 11.5. The Kier molecular flexibility index (Phi) is 9.01. The van der Waals surface area contributed by atoms with E-state index in [1.807, 2.05) is 0 Å². The number of aliphatic hydroxyl groups excluding tert-OH is 1. The number of ether oxygens (including phenoxy) is 5. The van der Waals surface area contributed by atoms with E-state index in [2.05, 4.69) is 0 Å². The summed E-state index contributed by atoms with van der Waals surface area (Å²) in [6.07, 6.45) is -7.90. The van der Waals surface area contributed by atoms with Gasteiger partial charge in [0.25, 0.3) is 0 Å². The lowest BCUT2D eigenvalue weighted by Crippen LogP contribution is -2.82. The Morgan fingerprint density at radius 3 is 2.06 bits per heavy atom. The molecule has 6 rings (SSSR count). The Morgan fingerprint density at radius 2 is 1.49 bits per heavy atom. The molecule has 2 aromatic carbocycles. The summed E-state index contributed by atoms with van der Waals surface area (Å²) in [4.78, 5) is 68.8. The highest BCUT2D eigenvalue weighted by Gasteiger charge is 2.79. The lowest BCUT2D eigenvalue weighted by Gasteiger charge is -2.67. The van der Waals surface area contributed by atoms with Gasteiger partial charge in [0.2, 0.25) is 0 Å². The molecule has 51 heavy (non-hydrogen) atoms. The number of halogens is 1. The average Bonchev–Trinajstić information content (AvgIpc) is 3.06. The van der Waals surface area contributed by atoms with Gasteiger partial charge in [0.15, 0.2) is 17.5 Å². The van der Waals surface area contributed by atoms with E-state index in [1.54, 1.807) is 39.0 Å². The van der Waals surface area contributed by atoms with E-state index in [4.69, 9.17) is 23.7 Å². The molecule has 2 bridgehead atoms. The van der Waals surface area contributed by atoms with E-state index in [9.17, 15) is 33.8 Å². The molecule has 2 saturated carbocycles. The zero-order chi connectivity index (χ0) is 37.3. The molecule has 4 aliphatic rings. The van der Waals surface area contributed by atoms with Crippen LogP contribution in [-0.4, -0.2) is 88.2 Å². The van der Waals surface area contributed by atoms with Gasteiger partial charge < -0.3 is 33.9 Å². The molecule has 0 radical (unpaired) electrons. The van der Waals surface area contributed by atoms with Gasteiger partial charge in [-0.15, -0.1) is 0 Å². The summed E-state index contributed by atoms with van der Waals surface area (Å²) in [6.45, 7) is 8.15. The molecule has 12 nitrogen and oxygen atoms in total. The first-order chi connectivity index (χ1) is 23.9. The number of ketones is 1. The van der Waals surface area contributed by atoms with Crippen LogP contribution in [-0.2, 0) is 38.1 Å². The van der Waals surface area contributed by atoms with Gasteiger partial charge >= 0.3 is 23.9 Å². The van der Waals surface area contributed by atoms with Crippen LogP contribution >= 0.6 is 0 Å². The number of rotatable bonds is 6. The molecule has 3 aliphatic carbocycles. The second-order valence-corrected chi connectivity index (χ2v) is 14.7. The standard InChI is InChI=1S/C38H41FO12/c1-19-25(42)17-38(46)32(50-34(45)22-10-8-7-9-11-22)30-36(6,31(43)29(48-20(2)40)28(19)35(38,4)5)26(16-27-37(30,18-47-27)51-21(3)41)49-33(44)23-12-14-24(39)15-13-23/h7-15,25-27,29-30,32,42,46H,16-18H2,1-6H3/t25-,26-,27+,29+,30-,32-,36+,37-,38+/m0/s1. The minimum Gasteiger partial charge on any atom is -0.458 e. The van der Waals surface area contributed by atoms with Crippen LogP contribution in [0.1, 0.15) is 75.1 Å². The minimum absolute atomic E-state index is 0.0388. The van der Waals surface area contributed by atoms with Gasteiger partial charge in [0.1, 0.15) is 29.7 Å². The molecule has 1 heterocycles. The first-order valence-electron chi connectivity index (χ1n) is 16.8. The molecule has 2 N–H and O–H groups in total. The van der Waals surface area contributed by atoms with Gasteiger partial charge in [0.05, 0.1) is 35.2 Å². The Hall–Kier alpha value is -4.46. The van der Waals surface area contributed by atoms with Crippen LogP contribution in [0.3, 0.4) is 0 Å². The summed E-state index contributed by atoms with van der Waals surface area (Å²) in [5.74, 6) is -6.35. The van der Waals surface area contributed by atoms with Crippen molar-refractivity contribution in [1.82, 2.24) is 0 Å². The third-order valence-corrected chi connectivity index (χ3v) is 11.5. The first kappa shape index (κ1) is 36.3. The molecule has 13 heteroatoms. The molecule has 0 amide bonds. The number of Topliss-reactive ketones (excluding diaryl/α,β-unsaturated/α-hetero) is 1. The normalized spacial score (nSPS) is 35.1. The van der Waals surface area contributed by atoms with Crippen LogP contribution < -0.4 is 0 Å². The number of esters is 4. The minimum atomic E-state index is -2.23. The monoisotopic (exact) mass is 708 g/mol. The summed E-state index contributed by atoms with van der Waals surface area (Å²) >= 11 is 0. The highest BCUT2D eigenvalue weighted by Crippen LogP contribution is 2.64. The maximum atomic E-state index is 15.5. The van der Waals surface area contributed by atoms with Crippen LogP contribution in [0.25, 0.3) is 0 Å². The fourth-order valence-electron chi connectivity index (χ4n) is 8.84. The molecule has 0 unspecified atom stereocenters. The summed E-state index contributed by atoms with van der Waals surface area (Å²) in [7, 11) is 0. The van der Waals surface area contributed by atoms with Crippen molar-refractivity contribution >= 4 is 29.7 Å². The molecule has 1 aliphatic heterocycles. The smallest absolute Gasteiger partial charge is 0.338 e. The van der Waals surface area contributed by atoms with Gasteiger partial charge in [-0.2, -0.15) is 0 Å². The Morgan fingerprint density at radius 1 is 0.882 bits per heavy atom. The number of carbonyl (C=O) groups excluding carboxylic acids is 5. The van der Waals surface area contributed by atoms with Crippen LogP contribution in [0.4, 0.5) is 4.39 Å². The molecule has 272 valence electrons. The molecular weight excluding hydrogens is 667 g/mol. The predicted octanol–water partition coefficient (Wildman–Crippen LogP) is 3.66. The number of hydrogen-bond donors (Lipinski definition) is 2. The summed E-state index contributed by atoms with van der Waals surface area (Å²) in [5, 5.41) is 24.7. The van der Waals surface area contributed by atoms with Crippen molar-refractivity contribution in [3.05, 3.63) is 82.7 Å². The lowest BCUT2D eigenvalue weighted by molar-refractivity contribution is -0.345. The van der Waals surface area contributed by atoms with E-state index in [0.29, 0.717) is 0 Å². The first-order valence-corrected chi connectivity index (χ1v) is 16.8. The van der Waals surface area contributed by atoms with Gasteiger partial charge in [-0.1, -0.05) is 32.0 Å². The van der Waals surface area contributed by atoms with Crippen LogP contribution in [0.2, 0.25) is 0 Å². The molecular formula is C38H41FO12. The van der Waals surface area contributed by atoms with E-state index in [1.165, 1.54) is 31.2 Å². The van der Waals surface area contributed by atoms with Crippen molar-refractivity contribution in [3.8, 4) is 0 Å². The quantitative estimate of drug-likeness (QED) is 0.254. The summed E-state index contributed by atoms with van der Waals surface area (Å²) < 4.78 is 43.9. The van der Waals surface area contributed by atoms with Crippen molar-refractivity contribution in [2.45, 2.75) is 96.1 Å². The van der Waals surface area contributed by atoms with Crippen molar-refractivity contribution in [3.63, 3.8) is 0 Å². The Balaban J connectivity index is 1.65. The van der Waals surface area contributed by atoms with Crippen LogP contribution in [0.5, 0.6) is 0 Å². The van der Waals surface area contributed by atoms with E-state index in [0.717, 1.165) is 26.0 Å². The maximum absolute atomic E-state index is 15.5. The maximum Gasteiger partial charge on any atom is 0.338 e. The second-order valence-electron chi connectivity index (χ2n) is 14.7. The zero-order valence-corrected chi connectivity index (χ0v) is 29.1. The molecule has 1 saturated heterocycles. The largest absolute Gasteiger partial charge is 0.458 e. The summed E-state index contributed by atoms with van der Waals surface area (Å²) in [5.41, 5.74) is -7.13. The zero-order valence-electron chi connectivity index (χ0n) is 29.1. The molecule has 0 aromatic heterocycles. The second kappa shape index (κ2) is 12.6. The van der Waals surface area contributed by atoms with Crippen LogP contribution in [0.15, 0.2) is 65.7 Å². The van der Waals surface area contributed by atoms with E-state index in [-0.39, 0.29) is 35.3 Å². The van der Waals surface area contributed by atoms with E-state index < -0.39 is 100 Å². The highest BCUT2D eigenvalue weighted by molar-refractivity contribution is 5.96. The fraction of sp³-hybridized carbons (Fsp3) is 0.500. The number of carbonyl (C=O) groups is 5. The number of fused-ring (bicyclic) bond motifs is 5. The van der Waals surface area contributed by atoms with Crippen molar-refractivity contribution in [2.75, 3.05) is 6.61 Å². The molecule has 2 aromatic rings.